The van der Waals surface area contributed by atoms with E-state index < -0.39 is 0 Å². The van der Waals surface area contributed by atoms with E-state index in [9.17, 15) is 0 Å². The first kappa shape index (κ1) is 23.2. The molecule has 0 aliphatic carbocycles. The van der Waals surface area contributed by atoms with Gasteiger partial charge in [-0.3, -0.25) is 4.99 Å². The van der Waals surface area contributed by atoms with Crippen molar-refractivity contribution in [2.45, 2.75) is 58.7 Å². The summed E-state index contributed by atoms with van der Waals surface area (Å²) in [5, 5.41) is 6.86. The molecule has 0 saturated heterocycles. The van der Waals surface area contributed by atoms with E-state index in [1.165, 1.54) is 36.8 Å². The Hall–Kier alpha value is -0.820. The molecule has 0 heterocycles. The lowest BCUT2D eigenvalue weighted by atomic mass is 10.1. The quantitative estimate of drug-likeness (QED) is 0.261. The van der Waals surface area contributed by atoms with Crippen molar-refractivity contribution in [3.63, 3.8) is 0 Å². The highest BCUT2D eigenvalue weighted by Crippen LogP contribution is 2.06. The molecule has 4 nitrogen and oxygen atoms in total. The average molecular weight is 446 g/mol. The first-order valence-corrected chi connectivity index (χ1v) is 8.74. The summed E-state index contributed by atoms with van der Waals surface area (Å²) >= 11 is 0. The van der Waals surface area contributed by atoms with Gasteiger partial charge in [-0.1, -0.05) is 50.5 Å². The van der Waals surface area contributed by atoms with Crippen LogP contribution in [0.4, 0.5) is 0 Å². The molecule has 138 valence electrons. The van der Waals surface area contributed by atoms with Crippen molar-refractivity contribution >= 4 is 29.9 Å². The Bertz CT molecular complexity index is 457. The molecular formula is C19H35IN4. The standard InChI is InChI=1S/C19H34N4.HI/c1-6-7-8-9-16(2)22-19(20-3)21-14-17-10-12-18(13-11-17)15-23(4)5;/h10-13,16H,6-9,14-15H2,1-5H3,(H2,20,21,22);1H. The maximum absolute atomic E-state index is 4.32. The van der Waals surface area contributed by atoms with Gasteiger partial charge in [-0.05, 0) is 38.6 Å². The number of hydrogen-bond donors (Lipinski definition) is 2. The molecule has 1 aromatic carbocycles. The minimum atomic E-state index is 0. The van der Waals surface area contributed by atoms with Gasteiger partial charge in [-0.2, -0.15) is 0 Å². The number of halogens is 1. The van der Waals surface area contributed by atoms with Crippen LogP contribution in [0.25, 0.3) is 0 Å². The van der Waals surface area contributed by atoms with E-state index in [0.29, 0.717) is 6.04 Å². The summed E-state index contributed by atoms with van der Waals surface area (Å²) in [5.41, 5.74) is 2.61. The highest BCUT2D eigenvalue weighted by Gasteiger charge is 2.05. The van der Waals surface area contributed by atoms with E-state index in [2.05, 4.69) is 72.7 Å². The number of benzene rings is 1. The van der Waals surface area contributed by atoms with Gasteiger partial charge in [0.05, 0.1) is 0 Å². The molecule has 0 spiro atoms. The van der Waals surface area contributed by atoms with Gasteiger partial charge in [-0.25, -0.2) is 0 Å². The summed E-state index contributed by atoms with van der Waals surface area (Å²) in [4.78, 5) is 6.50. The Morgan fingerprint density at radius 3 is 2.29 bits per heavy atom. The van der Waals surface area contributed by atoms with Crippen LogP contribution in [0.3, 0.4) is 0 Å². The first-order chi connectivity index (χ1) is 11.0. The molecule has 0 radical (unpaired) electrons. The lowest BCUT2D eigenvalue weighted by Crippen LogP contribution is -2.41. The Labute approximate surface area is 165 Å². The number of unbranched alkanes of at least 4 members (excludes halogenated alkanes) is 2. The smallest absolute Gasteiger partial charge is 0.191 e. The molecule has 0 amide bonds. The zero-order valence-corrected chi connectivity index (χ0v) is 18.3. The van der Waals surface area contributed by atoms with Crippen LogP contribution in [-0.2, 0) is 13.1 Å². The minimum Gasteiger partial charge on any atom is -0.354 e. The Balaban J connectivity index is 0.00000529. The largest absolute Gasteiger partial charge is 0.354 e. The number of nitrogens with zero attached hydrogens (tertiary/aromatic N) is 2. The molecule has 0 aliphatic rings. The van der Waals surface area contributed by atoms with Gasteiger partial charge in [0.25, 0.3) is 0 Å². The van der Waals surface area contributed by atoms with Crippen LogP contribution in [0.15, 0.2) is 29.3 Å². The summed E-state index contributed by atoms with van der Waals surface area (Å²) in [6.07, 6.45) is 5.03. The second-order valence-electron chi connectivity index (χ2n) is 6.52. The normalized spacial score (nSPS) is 12.7. The van der Waals surface area contributed by atoms with Gasteiger partial charge in [0.15, 0.2) is 5.96 Å². The van der Waals surface area contributed by atoms with E-state index in [4.69, 9.17) is 0 Å². The molecule has 2 N–H and O–H groups in total. The van der Waals surface area contributed by atoms with Gasteiger partial charge < -0.3 is 15.5 Å². The molecule has 0 fully saturated rings. The molecule has 24 heavy (non-hydrogen) atoms. The molecule has 0 aromatic heterocycles. The first-order valence-electron chi connectivity index (χ1n) is 8.74. The maximum Gasteiger partial charge on any atom is 0.191 e. The number of nitrogens with one attached hydrogen (secondary N) is 2. The van der Waals surface area contributed by atoms with Crippen LogP contribution in [-0.4, -0.2) is 38.0 Å². The number of aliphatic imine (C=N–C) groups is 1. The number of rotatable bonds is 9. The highest BCUT2D eigenvalue weighted by molar-refractivity contribution is 14.0. The third-order valence-electron chi connectivity index (χ3n) is 3.83. The predicted octanol–water partition coefficient (Wildman–Crippen LogP) is 4.00. The van der Waals surface area contributed by atoms with Crippen LogP contribution in [0.1, 0.15) is 50.7 Å². The lowest BCUT2D eigenvalue weighted by molar-refractivity contribution is 0.402. The predicted molar refractivity (Wildman–Crippen MR) is 116 cm³/mol. The summed E-state index contributed by atoms with van der Waals surface area (Å²) in [6, 6.07) is 9.21. The summed E-state index contributed by atoms with van der Waals surface area (Å²) in [5.74, 6) is 0.881. The topological polar surface area (TPSA) is 39.7 Å². The molecule has 5 heteroatoms. The van der Waals surface area contributed by atoms with Gasteiger partial charge in [-0.15, -0.1) is 24.0 Å². The molecule has 0 saturated carbocycles. The van der Waals surface area contributed by atoms with E-state index in [1.54, 1.807) is 0 Å². The monoisotopic (exact) mass is 446 g/mol. The fourth-order valence-corrected chi connectivity index (χ4v) is 2.51. The SMILES string of the molecule is CCCCCC(C)NC(=NC)NCc1ccc(CN(C)C)cc1.I. The van der Waals surface area contributed by atoms with Gasteiger partial charge in [0.1, 0.15) is 0 Å². The van der Waals surface area contributed by atoms with E-state index >= 15 is 0 Å². The molecule has 0 bridgehead atoms. The summed E-state index contributed by atoms with van der Waals surface area (Å²) < 4.78 is 0. The van der Waals surface area contributed by atoms with Gasteiger partial charge in [0, 0.05) is 26.2 Å². The van der Waals surface area contributed by atoms with E-state index in [1.807, 2.05) is 7.05 Å². The fourth-order valence-electron chi connectivity index (χ4n) is 2.51. The Morgan fingerprint density at radius 2 is 1.75 bits per heavy atom. The van der Waals surface area contributed by atoms with Gasteiger partial charge in [0.2, 0.25) is 0 Å². The minimum absolute atomic E-state index is 0. The highest BCUT2D eigenvalue weighted by atomic mass is 127. The average Bonchev–Trinajstić information content (AvgIpc) is 2.52. The van der Waals surface area contributed by atoms with Crippen LogP contribution in [0.5, 0.6) is 0 Å². The van der Waals surface area contributed by atoms with Crippen molar-refractivity contribution in [2.75, 3.05) is 21.1 Å². The molecular weight excluding hydrogens is 411 g/mol. The van der Waals surface area contributed by atoms with Gasteiger partial charge >= 0.3 is 0 Å². The van der Waals surface area contributed by atoms with Crippen molar-refractivity contribution < 1.29 is 0 Å². The van der Waals surface area contributed by atoms with Crippen LogP contribution < -0.4 is 10.6 Å². The molecule has 1 aromatic rings. The number of guanidine groups is 1. The maximum atomic E-state index is 4.32. The third kappa shape index (κ3) is 10.1. The van der Waals surface area contributed by atoms with E-state index in [-0.39, 0.29) is 24.0 Å². The van der Waals surface area contributed by atoms with Crippen LogP contribution in [0.2, 0.25) is 0 Å². The zero-order chi connectivity index (χ0) is 17.1. The molecule has 1 rings (SSSR count). The second kappa shape index (κ2) is 13.5. The number of hydrogen-bond acceptors (Lipinski definition) is 2. The van der Waals surface area contributed by atoms with Crippen molar-refractivity contribution in [3.05, 3.63) is 35.4 Å². The Kier molecular flexibility index (Phi) is 13.0. The van der Waals surface area contributed by atoms with Crippen molar-refractivity contribution in [3.8, 4) is 0 Å². The summed E-state index contributed by atoms with van der Waals surface area (Å²) in [6.45, 7) is 6.23. The van der Waals surface area contributed by atoms with Crippen molar-refractivity contribution in [2.24, 2.45) is 4.99 Å². The van der Waals surface area contributed by atoms with E-state index in [0.717, 1.165) is 19.0 Å². The molecule has 0 aliphatic heterocycles. The zero-order valence-electron chi connectivity index (χ0n) is 15.9. The van der Waals surface area contributed by atoms with Crippen LogP contribution in [0, 0.1) is 0 Å². The fraction of sp³-hybridized carbons (Fsp3) is 0.632. The lowest BCUT2D eigenvalue weighted by Gasteiger charge is -2.18. The second-order valence-corrected chi connectivity index (χ2v) is 6.52. The van der Waals surface area contributed by atoms with Crippen molar-refractivity contribution in [1.82, 2.24) is 15.5 Å². The summed E-state index contributed by atoms with van der Waals surface area (Å²) in [7, 11) is 6.01. The molecule has 1 unspecified atom stereocenters. The van der Waals surface area contributed by atoms with Crippen molar-refractivity contribution in [1.29, 1.82) is 0 Å². The van der Waals surface area contributed by atoms with Crippen LogP contribution >= 0.6 is 24.0 Å². The third-order valence-corrected chi connectivity index (χ3v) is 3.83. The molecule has 1 atom stereocenters. The Morgan fingerprint density at radius 1 is 1.12 bits per heavy atom.